The fraction of sp³-hybridized carbons (Fsp3) is 0.143. The van der Waals surface area contributed by atoms with E-state index in [9.17, 15) is 18.0 Å². The summed E-state index contributed by atoms with van der Waals surface area (Å²) in [5, 5.41) is 10.2. The quantitative estimate of drug-likeness (QED) is 0.442. The number of carbonyl (C=O) groups excluding carboxylic acids is 1. The Bertz CT molecular complexity index is 1290. The Morgan fingerprint density at radius 2 is 1.88 bits per heavy atom. The number of nitrogens with zero attached hydrogens (tertiary/aromatic N) is 3. The summed E-state index contributed by atoms with van der Waals surface area (Å²) in [5.74, 6) is -1.04. The van der Waals surface area contributed by atoms with Crippen LogP contribution in [0.3, 0.4) is 0 Å². The van der Waals surface area contributed by atoms with E-state index >= 15 is 0 Å². The first-order valence-corrected chi connectivity index (χ1v) is 9.62. The van der Waals surface area contributed by atoms with Crippen LogP contribution in [0.15, 0.2) is 48.8 Å². The van der Waals surface area contributed by atoms with Crippen LogP contribution in [0.4, 0.5) is 18.9 Å². The minimum absolute atomic E-state index is 0.0293. The summed E-state index contributed by atoms with van der Waals surface area (Å²) in [6.07, 6.45) is -1.92. The molecule has 4 aromatic rings. The number of fused-ring (bicyclic) bond motifs is 1. The second-order valence-electron chi connectivity index (χ2n) is 6.83. The third kappa shape index (κ3) is 4.50. The maximum absolute atomic E-state index is 13.1. The van der Waals surface area contributed by atoms with Gasteiger partial charge in [-0.15, -0.1) is 0 Å². The number of amides is 1. The second-order valence-corrected chi connectivity index (χ2v) is 7.21. The van der Waals surface area contributed by atoms with Crippen molar-refractivity contribution >= 4 is 34.2 Å². The standard InChI is InChI=1S/C21H15ClF3N5O2/c1-32-20-16(21(23,24)25)8-14(10-27-20)28-17(31)6-11-2-4-12(5-3-11)13-7-15-18(22)29-30-19(15)26-9-13/h2-5,7-10H,6H2,1H3,(H,28,31)(H,26,29,30). The van der Waals surface area contributed by atoms with Gasteiger partial charge < -0.3 is 10.1 Å². The van der Waals surface area contributed by atoms with Crippen LogP contribution >= 0.6 is 11.6 Å². The van der Waals surface area contributed by atoms with Gasteiger partial charge in [-0.25, -0.2) is 9.97 Å². The van der Waals surface area contributed by atoms with Crippen LogP contribution in [0.25, 0.3) is 22.2 Å². The molecule has 11 heteroatoms. The second kappa shape index (κ2) is 8.46. The number of hydrogen-bond acceptors (Lipinski definition) is 5. The van der Waals surface area contributed by atoms with Crippen LogP contribution in [0.2, 0.25) is 5.15 Å². The van der Waals surface area contributed by atoms with Crippen LogP contribution in [-0.4, -0.2) is 33.2 Å². The van der Waals surface area contributed by atoms with Crippen molar-refractivity contribution in [2.45, 2.75) is 12.6 Å². The Labute approximate surface area is 184 Å². The number of benzene rings is 1. The van der Waals surface area contributed by atoms with Gasteiger partial charge in [-0.1, -0.05) is 35.9 Å². The summed E-state index contributed by atoms with van der Waals surface area (Å²) in [7, 11) is 1.09. The van der Waals surface area contributed by atoms with Gasteiger partial charge in [0.2, 0.25) is 11.8 Å². The van der Waals surface area contributed by atoms with Crippen molar-refractivity contribution in [3.05, 3.63) is 65.1 Å². The molecule has 0 saturated carbocycles. The molecule has 0 aliphatic rings. The molecule has 0 spiro atoms. The van der Waals surface area contributed by atoms with E-state index in [1.807, 2.05) is 18.2 Å². The van der Waals surface area contributed by atoms with E-state index in [2.05, 4.69) is 30.2 Å². The molecule has 0 aliphatic carbocycles. The fourth-order valence-electron chi connectivity index (χ4n) is 3.12. The first-order valence-electron chi connectivity index (χ1n) is 9.24. The molecular formula is C21H15ClF3N5O2. The highest BCUT2D eigenvalue weighted by molar-refractivity contribution is 6.34. The van der Waals surface area contributed by atoms with Crippen LogP contribution in [0, 0.1) is 0 Å². The molecule has 32 heavy (non-hydrogen) atoms. The number of carbonyl (C=O) groups is 1. The first-order chi connectivity index (χ1) is 15.2. The van der Waals surface area contributed by atoms with E-state index < -0.39 is 23.5 Å². The molecule has 0 aliphatic heterocycles. The predicted octanol–water partition coefficient (Wildman–Crippen LogP) is 4.88. The zero-order chi connectivity index (χ0) is 22.9. The highest BCUT2D eigenvalue weighted by atomic mass is 35.5. The van der Waals surface area contributed by atoms with Gasteiger partial charge in [0.15, 0.2) is 5.65 Å². The molecule has 4 rings (SSSR count). The Morgan fingerprint density at radius 1 is 1.12 bits per heavy atom. The molecule has 1 amide bonds. The Kier molecular flexibility index (Phi) is 5.70. The average Bonchev–Trinajstić information content (AvgIpc) is 3.14. The van der Waals surface area contributed by atoms with Crippen molar-refractivity contribution in [1.29, 1.82) is 0 Å². The van der Waals surface area contributed by atoms with Gasteiger partial charge >= 0.3 is 6.18 Å². The van der Waals surface area contributed by atoms with E-state index in [0.29, 0.717) is 21.7 Å². The lowest BCUT2D eigenvalue weighted by Gasteiger charge is -2.13. The largest absolute Gasteiger partial charge is 0.481 e. The number of pyridine rings is 2. The number of anilines is 1. The van der Waals surface area contributed by atoms with Crippen molar-refractivity contribution in [3.63, 3.8) is 0 Å². The monoisotopic (exact) mass is 461 g/mol. The van der Waals surface area contributed by atoms with Crippen LogP contribution in [0.5, 0.6) is 5.88 Å². The molecule has 3 aromatic heterocycles. The molecule has 2 N–H and O–H groups in total. The lowest BCUT2D eigenvalue weighted by Crippen LogP contribution is -2.16. The minimum Gasteiger partial charge on any atom is -0.481 e. The minimum atomic E-state index is -4.66. The number of nitrogens with one attached hydrogen (secondary N) is 2. The molecule has 0 atom stereocenters. The molecule has 0 saturated heterocycles. The van der Waals surface area contributed by atoms with Crippen molar-refractivity contribution in [2.75, 3.05) is 12.4 Å². The average molecular weight is 462 g/mol. The number of methoxy groups -OCH3 is 1. The van der Waals surface area contributed by atoms with Gasteiger partial charge in [0, 0.05) is 11.8 Å². The summed E-state index contributed by atoms with van der Waals surface area (Å²) in [5.41, 5.74) is 1.73. The smallest absolute Gasteiger partial charge is 0.421 e. The summed E-state index contributed by atoms with van der Waals surface area (Å²) in [6.45, 7) is 0. The van der Waals surface area contributed by atoms with Gasteiger partial charge in [0.05, 0.1) is 30.8 Å². The molecule has 7 nitrogen and oxygen atoms in total. The summed E-state index contributed by atoms with van der Waals surface area (Å²) in [6, 6.07) is 9.78. The van der Waals surface area contributed by atoms with Gasteiger partial charge in [0.1, 0.15) is 10.7 Å². The molecule has 164 valence electrons. The van der Waals surface area contributed by atoms with E-state index in [0.717, 1.165) is 30.5 Å². The molecule has 0 fully saturated rings. The van der Waals surface area contributed by atoms with Crippen LogP contribution in [0.1, 0.15) is 11.1 Å². The van der Waals surface area contributed by atoms with Gasteiger partial charge in [0.25, 0.3) is 0 Å². The number of halogens is 4. The van der Waals surface area contributed by atoms with Crippen LogP contribution in [-0.2, 0) is 17.4 Å². The number of H-pyrrole nitrogens is 1. The zero-order valence-corrected chi connectivity index (χ0v) is 17.3. The maximum atomic E-state index is 13.1. The first kappa shape index (κ1) is 21.6. The highest BCUT2D eigenvalue weighted by Gasteiger charge is 2.35. The Morgan fingerprint density at radius 3 is 2.56 bits per heavy atom. The maximum Gasteiger partial charge on any atom is 0.421 e. The van der Waals surface area contributed by atoms with Gasteiger partial charge in [-0.3, -0.25) is 9.89 Å². The topological polar surface area (TPSA) is 92.8 Å². The van der Waals surface area contributed by atoms with E-state index in [1.54, 1.807) is 18.3 Å². The Hall–Kier alpha value is -3.66. The molecule has 3 heterocycles. The lowest BCUT2D eigenvalue weighted by atomic mass is 10.0. The third-order valence-corrected chi connectivity index (χ3v) is 4.94. The van der Waals surface area contributed by atoms with Crippen molar-refractivity contribution < 1.29 is 22.7 Å². The summed E-state index contributed by atoms with van der Waals surface area (Å²) < 4.78 is 44.0. The van der Waals surface area contributed by atoms with Crippen molar-refractivity contribution in [2.24, 2.45) is 0 Å². The highest BCUT2D eigenvalue weighted by Crippen LogP contribution is 2.36. The number of hydrogen-bond donors (Lipinski definition) is 2. The van der Waals surface area contributed by atoms with E-state index in [-0.39, 0.29) is 12.1 Å². The normalized spacial score (nSPS) is 11.5. The number of ether oxygens (including phenoxy) is 1. The third-order valence-electron chi connectivity index (χ3n) is 4.65. The molecular weight excluding hydrogens is 447 g/mol. The lowest BCUT2D eigenvalue weighted by molar-refractivity contribution is -0.139. The number of aromatic nitrogens is 4. The van der Waals surface area contributed by atoms with Crippen molar-refractivity contribution in [1.82, 2.24) is 20.2 Å². The Balaban J connectivity index is 1.46. The van der Waals surface area contributed by atoms with Gasteiger partial charge in [-0.2, -0.15) is 18.3 Å². The molecule has 0 unspecified atom stereocenters. The van der Waals surface area contributed by atoms with E-state index in [1.165, 1.54) is 0 Å². The van der Waals surface area contributed by atoms with E-state index in [4.69, 9.17) is 11.6 Å². The molecule has 0 radical (unpaired) electrons. The van der Waals surface area contributed by atoms with Crippen LogP contribution < -0.4 is 10.1 Å². The van der Waals surface area contributed by atoms with Crippen molar-refractivity contribution in [3.8, 4) is 17.0 Å². The molecule has 1 aromatic carbocycles. The number of aromatic amines is 1. The van der Waals surface area contributed by atoms with Gasteiger partial charge in [-0.05, 0) is 23.3 Å². The number of rotatable bonds is 5. The summed E-state index contributed by atoms with van der Waals surface area (Å²) in [4.78, 5) is 20.2. The zero-order valence-electron chi connectivity index (χ0n) is 16.5. The predicted molar refractivity (Wildman–Crippen MR) is 112 cm³/mol. The summed E-state index contributed by atoms with van der Waals surface area (Å²) >= 11 is 6.06. The molecule has 0 bridgehead atoms. The number of alkyl halides is 3. The SMILES string of the molecule is COc1ncc(NC(=O)Cc2ccc(-c3cnc4n[nH]c(Cl)c4c3)cc2)cc1C(F)(F)F. The fourth-order valence-corrected chi connectivity index (χ4v) is 3.30.